The van der Waals surface area contributed by atoms with E-state index < -0.39 is 5.97 Å². The number of carbonyl (C=O) groups is 1. The molecule has 8 heteroatoms. The van der Waals surface area contributed by atoms with Crippen LogP contribution in [-0.2, 0) is 24.7 Å². The topological polar surface area (TPSA) is 98.5 Å². The maximum Gasteiger partial charge on any atom is 0.307 e. The number of anilines is 1. The minimum atomic E-state index is -0.898. The second kappa shape index (κ2) is 10.2. The number of hydrogen-bond donors (Lipinski definition) is 2. The summed E-state index contributed by atoms with van der Waals surface area (Å²) in [6.45, 7) is 2.99. The van der Waals surface area contributed by atoms with Crippen LogP contribution in [0, 0.1) is 0 Å². The third kappa shape index (κ3) is 4.96. The van der Waals surface area contributed by atoms with Gasteiger partial charge >= 0.3 is 5.97 Å². The SMILES string of the molecule is CCOc1cc(-c2cc(NCCc3c(OC)ccc4c3ccn4C)ncn2)ccc1CC(=O)O. The van der Waals surface area contributed by atoms with Gasteiger partial charge in [0.25, 0.3) is 0 Å². The smallest absolute Gasteiger partial charge is 0.307 e. The molecule has 0 amide bonds. The third-order valence-corrected chi connectivity index (χ3v) is 5.71. The first-order valence-electron chi connectivity index (χ1n) is 11.1. The Morgan fingerprint density at radius 3 is 2.74 bits per heavy atom. The Bertz CT molecular complexity index is 1320. The zero-order chi connectivity index (χ0) is 24.1. The van der Waals surface area contributed by atoms with Crippen LogP contribution in [0.2, 0.25) is 0 Å². The zero-order valence-corrected chi connectivity index (χ0v) is 19.5. The van der Waals surface area contributed by atoms with Crippen LogP contribution in [0.3, 0.4) is 0 Å². The van der Waals surface area contributed by atoms with Gasteiger partial charge in [-0.25, -0.2) is 9.97 Å². The average molecular weight is 461 g/mol. The molecule has 0 bridgehead atoms. The van der Waals surface area contributed by atoms with Gasteiger partial charge in [0.1, 0.15) is 23.6 Å². The highest BCUT2D eigenvalue weighted by Gasteiger charge is 2.13. The maximum atomic E-state index is 11.1. The quantitative estimate of drug-likeness (QED) is 0.364. The van der Waals surface area contributed by atoms with Crippen molar-refractivity contribution in [1.29, 1.82) is 0 Å². The van der Waals surface area contributed by atoms with Crippen molar-refractivity contribution >= 4 is 22.7 Å². The first-order valence-corrected chi connectivity index (χ1v) is 11.1. The molecular formula is C26H28N4O4. The Labute approximate surface area is 198 Å². The van der Waals surface area contributed by atoms with E-state index in [0.29, 0.717) is 30.3 Å². The van der Waals surface area contributed by atoms with E-state index >= 15 is 0 Å². The molecule has 4 rings (SSSR count). The number of nitrogens with one attached hydrogen (secondary N) is 1. The van der Waals surface area contributed by atoms with E-state index in [1.165, 1.54) is 11.7 Å². The van der Waals surface area contributed by atoms with Crippen molar-refractivity contribution in [3.63, 3.8) is 0 Å². The number of carboxylic acids is 1. The summed E-state index contributed by atoms with van der Waals surface area (Å²) in [5.41, 5.74) is 4.51. The standard InChI is InChI=1S/C26H28N4O4/c1-4-34-24-13-17(5-6-18(24)14-26(31)32)21-15-25(29-16-28-21)27-11-9-20-19-10-12-30(2)22(19)7-8-23(20)33-3/h5-8,10,12-13,15-16H,4,9,11,14H2,1-3H3,(H,31,32)(H,27,28,29). The molecular weight excluding hydrogens is 432 g/mol. The van der Waals surface area contributed by atoms with Crippen LogP contribution in [0.15, 0.2) is 55.0 Å². The zero-order valence-electron chi connectivity index (χ0n) is 19.5. The summed E-state index contributed by atoms with van der Waals surface area (Å²) in [5.74, 6) is 1.23. The van der Waals surface area contributed by atoms with Crippen LogP contribution < -0.4 is 14.8 Å². The van der Waals surface area contributed by atoms with Gasteiger partial charge in [0, 0.05) is 53.4 Å². The number of ether oxygens (including phenoxy) is 2. The lowest BCUT2D eigenvalue weighted by atomic mass is 10.0. The van der Waals surface area contributed by atoms with E-state index in [0.717, 1.165) is 34.5 Å². The van der Waals surface area contributed by atoms with E-state index in [4.69, 9.17) is 14.6 Å². The average Bonchev–Trinajstić information content (AvgIpc) is 3.21. The van der Waals surface area contributed by atoms with Crippen molar-refractivity contribution in [2.24, 2.45) is 7.05 Å². The van der Waals surface area contributed by atoms with Crippen LogP contribution in [-0.4, -0.2) is 45.9 Å². The molecule has 2 aromatic heterocycles. The van der Waals surface area contributed by atoms with E-state index in [-0.39, 0.29) is 6.42 Å². The molecule has 176 valence electrons. The lowest BCUT2D eigenvalue weighted by molar-refractivity contribution is -0.136. The second-order valence-electron chi connectivity index (χ2n) is 7.90. The van der Waals surface area contributed by atoms with Gasteiger partial charge in [0.2, 0.25) is 0 Å². The molecule has 4 aromatic rings. The Morgan fingerprint density at radius 2 is 1.97 bits per heavy atom. The van der Waals surface area contributed by atoms with Crippen molar-refractivity contribution in [3.05, 3.63) is 66.1 Å². The van der Waals surface area contributed by atoms with Gasteiger partial charge in [0.05, 0.1) is 25.8 Å². The number of nitrogens with zero attached hydrogens (tertiary/aromatic N) is 3. The molecule has 0 saturated heterocycles. The van der Waals surface area contributed by atoms with Crippen molar-refractivity contribution in [1.82, 2.24) is 14.5 Å². The fourth-order valence-corrected chi connectivity index (χ4v) is 4.08. The van der Waals surface area contributed by atoms with Crippen LogP contribution >= 0.6 is 0 Å². The fourth-order valence-electron chi connectivity index (χ4n) is 4.08. The molecule has 2 N–H and O–H groups in total. The first kappa shape index (κ1) is 23.1. The molecule has 0 atom stereocenters. The molecule has 0 radical (unpaired) electrons. The number of carboxylic acid groups (broad SMARTS) is 1. The van der Waals surface area contributed by atoms with E-state index in [1.807, 2.05) is 38.2 Å². The second-order valence-corrected chi connectivity index (χ2v) is 7.90. The summed E-state index contributed by atoms with van der Waals surface area (Å²) in [6, 6.07) is 13.5. The van der Waals surface area contributed by atoms with Crippen LogP contribution in [0.25, 0.3) is 22.2 Å². The molecule has 0 spiro atoms. The number of hydrogen-bond acceptors (Lipinski definition) is 6. The number of aryl methyl sites for hydroxylation is 1. The summed E-state index contributed by atoms with van der Waals surface area (Å²) >= 11 is 0. The normalized spacial score (nSPS) is 10.9. The molecule has 0 fully saturated rings. The minimum absolute atomic E-state index is 0.0934. The van der Waals surface area contributed by atoms with Crippen molar-refractivity contribution in [3.8, 4) is 22.8 Å². The molecule has 0 unspecified atom stereocenters. The van der Waals surface area contributed by atoms with Gasteiger partial charge in [0.15, 0.2) is 0 Å². The molecule has 34 heavy (non-hydrogen) atoms. The van der Waals surface area contributed by atoms with Gasteiger partial charge in [-0.15, -0.1) is 0 Å². The van der Waals surface area contributed by atoms with Crippen LogP contribution in [0.5, 0.6) is 11.5 Å². The number of aromatic nitrogens is 3. The Morgan fingerprint density at radius 1 is 1.12 bits per heavy atom. The number of methoxy groups -OCH3 is 1. The van der Waals surface area contributed by atoms with Gasteiger partial charge in [-0.05, 0) is 37.6 Å². The Kier molecular flexibility index (Phi) is 6.96. The highest BCUT2D eigenvalue weighted by atomic mass is 16.5. The Balaban J connectivity index is 1.51. The van der Waals surface area contributed by atoms with Crippen molar-refractivity contribution in [2.45, 2.75) is 19.8 Å². The summed E-state index contributed by atoms with van der Waals surface area (Å²) < 4.78 is 13.4. The highest BCUT2D eigenvalue weighted by Crippen LogP contribution is 2.30. The van der Waals surface area contributed by atoms with E-state index in [9.17, 15) is 4.79 Å². The number of rotatable bonds is 10. The Hall–Kier alpha value is -4.07. The van der Waals surface area contributed by atoms with Crippen molar-refractivity contribution < 1.29 is 19.4 Å². The highest BCUT2D eigenvalue weighted by molar-refractivity contribution is 5.86. The minimum Gasteiger partial charge on any atom is -0.496 e. The molecule has 2 aromatic carbocycles. The van der Waals surface area contributed by atoms with Gasteiger partial charge < -0.3 is 24.5 Å². The molecule has 0 aliphatic rings. The largest absolute Gasteiger partial charge is 0.496 e. The lowest BCUT2D eigenvalue weighted by Gasteiger charge is -2.13. The summed E-state index contributed by atoms with van der Waals surface area (Å²) in [6.07, 6.45) is 4.24. The van der Waals surface area contributed by atoms with E-state index in [1.54, 1.807) is 13.2 Å². The molecule has 8 nitrogen and oxygen atoms in total. The maximum absolute atomic E-state index is 11.1. The predicted octanol–water partition coefficient (Wildman–Crippen LogP) is 4.32. The van der Waals surface area contributed by atoms with Gasteiger partial charge in [-0.3, -0.25) is 4.79 Å². The monoisotopic (exact) mass is 460 g/mol. The van der Waals surface area contributed by atoms with Gasteiger partial charge in [-0.1, -0.05) is 12.1 Å². The predicted molar refractivity (Wildman–Crippen MR) is 132 cm³/mol. The summed E-state index contributed by atoms with van der Waals surface area (Å²) in [4.78, 5) is 19.9. The van der Waals surface area contributed by atoms with Crippen LogP contribution in [0.1, 0.15) is 18.1 Å². The fraction of sp³-hybridized carbons (Fsp3) is 0.269. The lowest BCUT2D eigenvalue weighted by Crippen LogP contribution is -2.08. The van der Waals surface area contributed by atoms with E-state index in [2.05, 4.69) is 38.2 Å². The number of aliphatic carboxylic acids is 1. The first-order chi connectivity index (χ1) is 16.5. The molecule has 2 heterocycles. The summed E-state index contributed by atoms with van der Waals surface area (Å²) in [5, 5.41) is 13.7. The number of fused-ring (bicyclic) bond motifs is 1. The van der Waals surface area contributed by atoms with Gasteiger partial charge in [-0.2, -0.15) is 0 Å². The number of benzene rings is 2. The summed E-state index contributed by atoms with van der Waals surface area (Å²) in [7, 11) is 3.72. The molecule has 0 aliphatic heterocycles. The third-order valence-electron chi connectivity index (χ3n) is 5.71. The molecule has 0 aliphatic carbocycles. The molecule has 0 saturated carbocycles. The van der Waals surface area contributed by atoms with Crippen LogP contribution in [0.4, 0.5) is 5.82 Å². The van der Waals surface area contributed by atoms with Crippen molar-refractivity contribution in [2.75, 3.05) is 25.6 Å².